The van der Waals surface area contributed by atoms with Crippen LogP contribution in [0, 0.1) is 5.92 Å². The Morgan fingerprint density at radius 2 is 2.00 bits per heavy atom. The maximum Gasteiger partial charge on any atom is 0.321 e. The zero-order valence-corrected chi connectivity index (χ0v) is 23.0. The van der Waals surface area contributed by atoms with Crippen molar-refractivity contribution in [1.29, 1.82) is 0 Å². The molecule has 10 nitrogen and oxygen atoms in total. The SMILES string of the molecule is C[C@@H]1CN([C@@H](C)CO)C(=O)CCCn2nncc2CO[C@@H]1CN(C)C(=O)Nc1ccc(C(C)(C)C)cc1. The van der Waals surface area contributed by atoms with Crippen LogP contribution in [0.1, 0.15) is 58.7 Å². The summed E-state index contributed by atoms with van der Waals surface area (Å²) in [6.07, 6.45) is 2.30. The van der Waals surface area contributed by atoms with Crippen LogP contribution < -0.4 is 5.32 Å². The molecule has 2 heterocycles. The summed E-state index contributed by atoms with van der Waals surface area (Å²) in [7, 11) is 1.73. The minimum atomic E-state index is -0.358. The van der Waals surface area contributed by atoms with Gasteiger partial charge in [0.15, 0.2) is 0 Å². The number of urea groups is 1. The van der Waals surface area contributed by atoms with Gasteiger partial charge in [-0.1, -0.05) is 45.0 Å². The first-order valence-electron chi connectivity index (χ1n) is 13.0. The first-order valence-corrected chi connectivity index (χ1v) is 13.0. The van der Waals surface area contributed by atoms with Crippen LogP contribution in [0.5, 0.6) is 0 Å². The molecule has 1 aliphatic rings. The van der Waals surface area contributed by atoms with Gasteiger partial charge in [0.2, 0.25) is 5.91 Å². The fourth-order valence-corrected chi connectivity index (χ4v) is 4.37. The van der Waals surface area contributed by atoms with Gasteiger partial charge in [0.25, 0.3) is 0 Å². The van der Waals surface area contributed by atoms with Crippen molar-refractivity contribution < 1.29 is 19.4 Å². The van der Waals surface area contributed by atoms with Gasteiger partial charge >= 0.3 is 6.03 Å². The summed E-state index contributed by atoms with van der Waals surface area (Å²) in [6.45, 7) is 11.8. The van der Waals surface area contributed by atoms with E-state index in [1.54, 1.807) is 27.7 Å². The van der Waals surface area contributed by atoms with E-state index in [4.69, 9.17) is 4.74 Å². The molecule has 10 heteroatoms. The minimum Gasteiger partial charge on any atom is -0.394 e. The van der Waals surface area contributed by atoms with E-state index >= 15 is 0 Å². The molecule has 0 saturated heterocycles. The van der Waals surface area contributed by atoms with Crippen molar-refractivity contribution in [2.24, 2.45) is 5.92 Å². The Balaban J connectivity index is 1.74. The number of nitrogens with one attached hydrogen (secondary N) is 1. The molecule has 2 N–H and O–H groups in total. The van der Waals surface area contributed by atoms with Gasteiger partial charge in [0.05, 0.1) is 37.3 Å². The van der Waals surface area contributed by atoms with Gasteiger partial charge in [-0.2, -0.15) is 0 Å². The normalized spacial score (nSPS) is 20.4. The lowest BCUT2D eigenvalue weighted by atomic mass is 9.87. The lowest BCUT2D eigenvalue weighted by molar-refractivity contribution is -0.136. The highest BCUT2D eigenvalue weighted by Gasteiger charge is 2.29. The number of aliphatic hydroxyl groups is 1. The van der Waals surface area contributed by atoms with E-state index in [-0.39, 0.29) is 42.0 Å². The topological polar surface area (TPSA) is 113 Å². The molecule has 3 rings (SSSR count). The Kier molecular flexibility index (Phi) is 9.67. The summed E-state index contributed by atoms with van der Waals surface area (Å²) in [6, 6.07) is 7.33. The number of amides is 3. The molecule has 0 bridgehead atoms. The predicted molar refractivity (Wildman–Crippen MR) is 142 cm³/mol. The zero-order valence-electron chi connectivity index (χ0n) is 23.0. The van der Waals surface area contributed by atoms with Gasteiger partial charge in [0, 0.05) is 44.7 Å². The number of rotatable bonds is 5. The Morgan fingerprint density at radius 1 is 1.30 bits per heavy atom. The van der Waals surface area contributed by atoms with Crippen molar-refractivity contribution >= 4 is 17.6 Å². The highest BCUT2D eigenvalue weighted by atomic mass is 16.5. The lowest BCUT2D eigenvalue weighted by Crippen LogP contribution is -2.48. The van der Waals surface area contributed by atoms with E-state index in [9.17, 15) is 14.7 Å². The third-order valence-corrected chi connectivity index (χ3v) is 6.94. The monoisotopic (exact) mass is 514 g/mol. The summed E-state index contributed by atoms with van der Waals surface area (Å²) in [4.78, 5) is 29.3. The molecule has 1 aromatic heterocycles. The second kappa shape index (κ2) is 12.5. The summed E-state index contributed by atoms with van der Waals surface area (Å²) in [5.41, 5.74) is 2.78. The molecule has 1 aliphatic heterocycles. The summed E-state index contributed by atoms with van der Waals surface area (Å²) < 4.78 is 8.07. The number of aryl methyl sites for hydroxylation is 1. The second-order valence-corrected chi connectivity index (χ2v) is 11.1. The molecule has 0 fully saturated rings. The van der Waals surface area contributed by atoms with Gasteiger partial charge in [-0.05, 0) is 36.5 Å². The number of fused-ring (bicyclic) bond motifs is 1. The van der Waals surface area contributed by atoms with Crippen LogP contribution in [-0.4, -0.2) is 80.7 Å². The summed E-state index contributed by atoms with van der Waals surface area (Å²) in [5, 5.41) is 20.8. The van der Waals surface area contributed by atoms with Crippen LogP contribution in [0.15, 0.2) is 30.5 Å². The van der Waals surface area contributed by atoms with E-state index in [1.165, 1.54) is 5.56 Å². The van der Waals surface area contributed by atoms with Gasteiger partial charge in [-0.3, -0.25) is 4.79 Å². The number of aromatic nitrogens is 3. The van der Waals surface area contributed by atoms with Crippen LogP contribution in [-0.2, 0) is 28.1 Å². The molecule has 0 radical (unpaired) electrons. The van der Waals surface area contributed by atoms with Crippen LogP contribution in [0.4, 0.5) is 10.5 Å². The van der Waals surface area contributed by atoms with Crippen molar-refractivity contribution in [3.8, 4) is 0 Å². The Morgan fingerprint density at radius 3 is 2.65 bits per heavy atom. The molecule has 0 aliphatic carbocycles. The van der Waals surface area contributed by atoms with Crippen molar-refractivity contribution in [2.75, 3.05) is 32.1 Å². The molecule has 2 aromatic rings. The molecular weight excluding hydrogens is 472 g/mol. The number of hydrogen-bond acceptors (Lipinski definition) is 6. The lowest BCUT2D eigenvalue weighted by Gasteiger charge is -2.35. The van der Waals surface area contributed by atoms with Gasteiger partial charge in [-0.25, -0.2) is 9.48 Å². The van der Waals surface area contributed by atoms with Crippen molar-refractivity contribution in [3.63, 3.8) is 0 Å². The van der Waals surface area contributed by atoms with Crippen molar-refractivity contribution in [2.45, 2.75) is 78.2 Å². The van der Waals surface area contributed by atoms with E-state index in [0.717, 1.165) is 11.4 Å². The Hall–Kier alpha value is -2.98. The number of aliphatic hydroxyl groups excluding tert-OH is 1. The number of benzene rings is 1. The standard InChI is InChI=1S/C27H42N6O4/c1-19-15-32(20(2)17-34)25(35)8-7-13-33-23(14-28-30-33)18-37-24(19)16-31(6)26(36)29-22-11-9-21(10-12-22)27(3,4)5/h9-12,14,19-20,24,34H,7-8,13,15-18H2,1-6H3,(H,29,36)/t19-,20+,24-/m1/s1. The Bertz CT molecular complexity index is 1030. The number of ether oxygens (including phenoxy) is 1. The first-order chi connectivity index (χ1) is 17.5. The number of nitrogens with zero attached hydrogens (tertiary/aromatic N) is 5. The van der Waals surface area contributed by atoms with E-state index < -0.39 is 0 Å². The van der Waals surface area contributed by atoms with Crippen LogP contribution in [0.2, 0.25) is 0 Å². The molecule has 0 unspecified atom stereocenters. The molecular formula is C27H42N6O4. The van der Waals surface area contributed by atoms with Crippen LogP contribution >= 0.6 is 0 Å². The molecule has 3 amide bonds. The fourth-order valence-electron chi connectivity index (χ4n) is 4.37. The second-order valence-electron chi connectivity index (χ2n) is 11.1. The maximum atomic E-state index is 13.0. The van der Waals surface area contributed by atoms with E-state index in [0.29, 0.717) is 39.1 Å². The van der Waals surface area contributed by atoms with Crippen molar-refractivity contribution in [1.82, 2.24) is 24.8 Å². The maximum absolute atomic E-state index is 13.0. The average molecular weight is 515 g/mol. The highest BCUT2D eigenvalue weighted by molar-refractivity contribution is 5.89. The minimum absolute atomic E-state index is 0.0146. The predicted octanol–water partition coefficient (Wildman–Crippen LogP) is 3.26. The molecule has 1 aromatic carbocycles. The molecule has 3 atom stereocenters. The third kappa shape index (κ3) is 7.75. The number of hydrogen-bond donors (Lipinski definition) is 2. The van der Waals surface area contributed by atoms with Crippen molar-refractivity contribution in [3.05, 3.63) is 41.7 Å². The van der Waals surface area contributed by atoms with Gasteiger partial charge < -0.3 is 25.0 Å². The number of carbonyl (C=O) groups is 2. The first kappa shape index (κ1) is 28.6. The average Bonchev–Trinajstić information content (AvgIpc) is 3.30. The third-order valence-electron chi connectivity index (χ3n) is 6.94. The van der Waals surface area contributed by atoms with Crippen LogP contribution in [0.25, 0.3) is 0 Å². The molecule has 0 spiro atoms. The quantitative estimate of drug-likeness (QED) is 0.633. The number of carbonyl (C=O) groups excluding carboxylic acids is 2. The molecule has 204 valence electrons. The fraction of sp³-hybridized carbons (Fsp3) is 0.630. The smallest absolute Gasteiger partial charge is 0.321 e. The van der Waals surface area contributed by atoms with E-state index in [2.05, 4.69) is 36.4 Å². The Labute approximate surface area is 220 Å². The number of likely N-dealkylation sites (N-methyl/N-ethyl adjacent to an activating group) is 1. The molecule has 37 heavy (non-hydrogen) atoms. The van der Waals surface area contributed by atoms with Gasteiger partial charge in [-0.15, -0.1) is 5.10 Å². The highest BCUT2D eigenvalue weighted by Crippen LogP contribution is 2.24. The molecule has 0 saturated carbocycles. The number of anilines is 1. The van der Waals surface area contributed by atoms with E-state index in [1.807, 2.05) is 38.1 Å². The summed E-state index contributed by atoms with van der Waals surface area (Å²) >= 11 is 0. The van der Waals surface area contributed by atoms with Gasteiger partial charge in [0.1, 0.15) is 0 Å². The largest absolute Gasteiger partial charge is 0.394 e. The summed E-state index contributed by atoms with van der Waals surface area (Å²) in [5.74, 6) is -0.109. The van der Waals surface area contributed by atoms with Crippen LogP contribution in [0.3, 0.4) is 0 Å². The zero-order chi connectivity index (χ0) is 27.2.